The highest BCUT2D eigenvalue weighted by Gasteiger charge is 2.18. The number of nitrogens with zero attached hydrogens (tertiary/aromatic N) is 4. The monoisotopic (exact) mass is 412 g/mol. The Hall–Kier alpha value is -3.80. The molecule has 0 aliphatic carbocycles. The molecular weight excluding hydrogens is 388 g/mol. The molecule has 0 saturated carbocycles. The third-order valence-corrected chi connectivity index (χ3v) is 5.46. The van der Waals surface area contributed by atoms with Gasteiger partial charge in [0.05, 0.1) is 11.1 Å². The molecule has 4 aromatic rings. The molecule has 0 radical (unpaired) electrons. The van der Waals surface area contributed by atoms with Crippen molar-refractivity contribution in [1.82, 2.24) is 14.8 Å². The van der Waals surface area contributed by atoms with Gasteiger partial charge in [0.25, 0.3) is 5.56 Å². The predicted molar refractivity (Wildman–Crippen MR) is 122 cm³/mol. The molecule has 2 aromatic heterocycles. The maximum atomic E-state index is 13.1. The van der Waals surface area contributed by atoms with E-state index in [1.54, 1.807) is 30.4 Å². The van der Waals surface area contributed by atoms with Crippen LogP contribution in [0, 0.1) is 0 Å². The zero-order chi connectivity index (χ0) is 21.8. The van der Waals surface area contributed by atoms with Crippen LogP contribution < -0.4 is 10.5 Å². The molecule has 0 spiro atoms. The van der Waals surface area contributed by atoms with Crippen LogP contribution in [0.25, 0.3) is 10.8 Å². The first kappa shape index (κ1) is 20.5. The summed E-state index contributed by atoms with van der Waals surface area (Å²) in [7, 11) is 1.74. The van der Waals surface area contributed by atoms with E-state index in [2.05, 4.69) is 17.0 Å². The summed E-state index contributed by atoms with van der Waals surface area (Å²) in [4.78, 5) is 31.8. The molecule has 0 saturated heterocycles. The second-order valence-electron chi connectivity index (χ2n) is 7.42. The van der Waals surface area contributed by atoms with E-state index in [1.165, 1.54) is 4.68 Å². The largest absolute Gasteiger partial charge is 0.314 e. The number of anilines is 1. The van der Waals surface area contributed by atoms with E-state index in [9.17, 15) is 9.59 Å². The van der Waals surface area contributed by atoms with Crippen molar-refractivity contribution in [2.75, 3.05) is 11.9 Å². The average Bonchev–Trinajstić information content (AvgIpc) is 2.82. The zero-order valence-electron chi connectivity index (χ0n) is 17.7. The fraction of sp³-hybridized carbons (Fsp3) is 0.200. The van der Waals surface area contributed by atoms with E-state index in [0.717, 1.165) is 34.3 Å². The van der Waals surface area contributed by atoms with Crippen molar-refractivity contribution in [2.45, 2.75) is 26.3 Å². The summed E-state index contributed by atoms with van der Waals surface area (Å²) in [6, 6.07) is 19.0. The minimum Gasteiger partial charge on any atom is -0.314 e. The van der Waals surface area contributed by atoms with Crippen molar-refractivity contribution in [3.05, 3.63) is 100 Å². The number of carbonyl (C=O) groups excluding carboxylic acids is 1. The Morgan fingerprint density at radius 2 is 1.65 bits per heavy atom. The summed E-state index contributed by atoms with van der Waals surface area (Å²) < 4.78 is 1.28. The van der Waals surface area contributed by atoms with Crippen molar-refractivity contribution >= 4 is 22.4 Å². The Morgan fingerprint density at radius 1 is 0.968 bits per heavy atom. The third kappa shape index (κ3) is 4.23. The Balaban J connectivity index is 1.71. The summed E-state index contributed by atoms with van der Waals surface area (Å²) in [5, 5.41) is 5.96. The number of amides is 1. The number of carbonyl (C=O) groups is 1. The van der Waals surface area contributed by atoms with Crippen LogP contribution in [0.1, 0.15) is 23.7 Å². The van der Waals surface area contributed by atoms with Crippen LogP contribution in [0.2, 0.25) is 0 Å². The highest BCUT2D eigenvalue weighted by molar-refractivity contribution is 5.93. The predicted octanol–water partition coefficient (Wildman–Crippen LogP) is 3.61. The van der Waals surface area contributed by atoms with E-state index in [1.807, 2.05) is 54.6 Å². The van der Waals surface area contributed by atoms with Crippen molar-refractivity contribution < 1.29 is 4.79 Å². The van der Waals surface area contributed by atoms with Gasteiger partial charge in [-0.2, -0.15) is 5.10 Å². The normalized spacial score (nSPS) is 10.9. The first-order chi connectivity index (χ1) is 15.1. The maximum absolute atomic E-state index is 13.1. The Labute approximate surface area is 180 Å². The second kappa shape index (κ2) is 8.92. The van der Waals surface area contributed by atoms with Crippen LogP contribution in [0.5, 0.6) is 0 Å². The highest BCUT2D eigenvalue weighted by atomic mass is 16.2. The standard InChI is InChI=1S/C25H24N4O2/c1-3-19-8-4-7-11-23(19)28(2)24(30)17-29-25(31)21-10-6-5-9-20(21)22(27-29)16-18-12-14-26-15-13-18/h4-15H,3,16-17H2,1-2H3. The van der Waals surface area contributed by atoms with E-state index >= 15 is 0 Å². The first-order valence-corrected chi connectivity index (χ1v) is 10.3. The number of hydrogen-bond donors (Lipinski definition) is 0. The highest BCUT2D eigenvalue weighted by Crippen LogP contribution is 2.20. The van der Waals surface area contributed by atoms with Gasteiger partial charge in [0.2, 0.25) is 5.91 Å². The molecule has 0 unspecified atom stereocenters. The van der Waals surface area contributed by atoms with Crippen molar-refractivity contribution in [1.29, 1.82) is 0 Å². The number of fused-ring (bicyclic) bond motifs is 1. The molecule has 0 atom stereocenters. The number of hydrogen-bond acceptors (Lipinski definition) is 4. The molecule has 2 heterocycles. The van der Waals surface area contributed by atoms with E-state index in [0.29, 0.717) is 11.8 Å². The van der Waals surface area contributed by atoms with E-state index < -0.39 is 0 Å². The number of benzene rings is 2. The van der Waals surface area contributed by atoms with Gasteiger partial charge in [0, 0.05) is 36.9 Å². The summed E-state index contributed by atoms with van der Waals surface area (Å²) >= 11 is 0. The number of pyridine rings is 1. The first-order valence-electron chi connectivity index (χ1n) is 10.3. The molecular formula is C25H24N4O2. The molecule has 0 aliphatic heterocycles. The summed E-state index contributed by atoms with van der Waals surface area (Å²) in [6.45, 7) is 1.93. The molecule has 6 heteroatoms. The molecule has 1 amide bonds. The van der Waals surface area contributed by atoms with Crippen LogP contribution in [0.4, 0.5) is 5.69 Å². The summed E-state index contributed by atoms with van der Waals surface area (Å²) in [5.74, 6) is -0.194. The molecule has 6 nitrogen and oxygen atoms in total. The van der Waals surface area contributed by atoms with Gasteiger partial charge in [-0.25, -0.2) is 4.68 Å². The molecule has 0 bridgehead atoms. The Bertz CT molecular complexity index is 1280. The lowest BCUT2D eigenvalue weighted by molar-refractivity contribution is -0.119. The van der Waals surface area contributed by atoms with Crippen LogP contribution in [0.15, 0.2) is 77.9 Å². The van der Waals surface area contributed by atoms with Crippen molar-refractivity contribution in [3.63, 3.8) is 0 Å². The minimum atomic E-state index is -0.264. The topological polar surface area (TPSA) is 68.1 Å². The Morgan fingerprint density at radius 3 is 2.39 bits per heavy atom. The molecule has 156 valence electrons. The van der Waals surface area contributed by atoms with E-state index in [-0.39, 0.29) is 18.0 Å². The molecule has 2 aromatic carbocycles. The number of likely N-dealkylation sites (N-methyl/N-ethyl adjacent to an activating group) is 1. The van der Waals surface area contributed by atoms with Gasteiger partial charge in [-0.1, -0.05) is 43.3 Å². The molecule has 4 rings (SSSR count). The average molecular weight is 412 g/mol. The number of para-hydroxylation sites is 1. The third-order valence-electron chi connectivity index (χ3n) is 5.46. The quantitative estimate of drug-likeness (QED) is 0.485. The summed E-state index contributed by atoms with van der Waals surface area (Å²) in [5.41, 5.74) is 3.46. The minimum absolute atomic E-state index is 0.123. The molecule has 31 heavy (non-hydrogen) atoms. The van der Waals surface area contributed by atoms with Gasteiger partial charge >= 0.3 is 0 Å². The molecule has 0 aliphatic rings. The van der Waals surface area contributed by atoms with Gasteiger partial charge in [-0.3, -0.25) is 14.6 Å². The van der Waals surface area contributed by atoms with Crippen LogP contribution in [-0.2, 0) is 24.2 Å². The number of aromatic nitrogens is 3. The molecule has 0 fully saturated rings. The fourth-order valence-corrected chi connectivity index (χ4v) is 3.74. The second-order valence-corrected chi connectivity index (χ2v) is 7.42. The SMILES string of the molecule is CCc1ccccc1N(C)C(=O)Cn1nc(Cc2ccncc2)c2ccccc2c1=O. The lowest BCUT2D eigenvalue weighted by Gasteiger charge is -2.21. The van der Waals surface area contributed by atoms with Gasteiger partial charge < -0.3 is 4.90 Å². The van der Waals surface area contributed by atoms with Gasteiger partial charge in [-0.15, -0.1) is 0 Å². The maximum Gasteiger partial charge on any atom is 0.275 e. The van der Waals surface area contributed by atoms with Crippen LogP contribution in [-0.4, -0.2) is 27.7 Å². The molecule has 0 N–H and O–H groups in total. The zero-order valence-corrected chi connectivity index (χ0v) is 17.7. The number of rotatable bonds is 6. The Kier molecular flexibility index (Phi) is 5.89. The van der Waals surface area contributed by atoms with Crippen LogP contribution in [0.3, 0.4) is 0 Å². The van der Waals surface area contributed by atoms with Gasteiger partial charge in [0.1, 0.15) is 6.54 Å². The van der Waals surface area contributed by atoms with Crippen molar-refractivity contribution in [3.8, 4) is 0 Å². The van der Waals surface area contributed by atoms with Gasteiger partial charge in [-0.05, 0) is 41.8 Å². The van der Waals surface area contributed by atoms with Crippen molar-refractivity contribution in [2.24, 2.45) is 0 Å². The smallest absolute Gasteiger partial charge is 0.275 e. The lowest BCUT2D eigenvalue weighted by Crippen LogP contribution is -2.36. The number of aryl methyl sites for hydroxylation is 1. The lowest BCUT2D eigenvalue weighted by atomic mass is 10.1. The van der Waals surface area contributed by atoms with Crippen LogP contribution >= 0.6 is 0 Å². The fourth-order valence-electron chi connectivity index (χ4n) is 3.74. The summed E-state index contributed by atoms with van der Waals surface area (Å²) in [6.07, 6.45) is 4.83. The van der Waals surface area contributed by atoms with Gasteiger partial charge in [0.15, 0.2) is 0 Å². The van der Waals surface area contributed by atoms with E-state index in [4.69, 9.17) is 0 Å².